The van der Waals surface area contributed by atoms with E-state index in [-0.39, 0.29) is 11.6 Å². The predicted molar refractivity (Wildman–Crippen MR) is 72.2 cm³/mol. The van der Waals surface area contributed by atoms with Crippen LogP contribution in [-0.4, -0.2) is 12.9 Å². The smallest absolute Gasteiger partial charge is 0.196 e. The normalized spacial score (nSPS) is 10.3. The Morgan fingerprint density at radius 1 is 1.16 bits per heavy atom. The van der Waals surface area contributed by atoms with Crippen LogP contribution in [0.15, 0.2) is 42.5 Å². The van der Waals surface area contributed by atoms with Gasteiger partial charge in [-0.1, -0.05) is 13.0 Å². The molecule has 19 heavy (non-hydrogen) atoms. The number of rotatable bonds is 4. The number of hydrogen-bond acceptors (Lipinski definition) is 2. The van der Waals surface area contributed by atoms with Gasteiger partial charge >= 0.3 is 0 Å². The Morgan fingerprint density at radius 3 is 2.42 bits per heavy atom. The Morgan fingerprint density at radius 2 is 1.84 bits per heavy atom. The van der Waals surface area contributed by atoms with Gasteiger partial charge < -0.3 is 4.74 Å². The number of ether oxygens (including phenoxy) is 1. The molecule has 0 aliphatic rings. The first-order valence-electron chi connectivity index (χ1n) is 6.13. The zero-order chi connectivity index (χ0) is 13.8. The van der Waals surface area contributed by atoms with Gasteiger partial charge in [-0.2, -0.15) is 0 Å². The molecule has 0 unspecified atom stereocenters. The Balaban J connectivity index is 2.44. The Hall–Kier alpha value is -2.16. The molecule has 0 spiro atoms. The lowest BCUT2D eigenvalue weighted by Gasteiger charge is -2.09. The van der Waals surface area contributed by atoms with Crippen molar-refractivity contribution in [2.45, 2.75) is 13.3 Å². The van der Waals surface area contributed by atoms with Crippen LogP contribution < -0.4 is 4.74 Å². The SMILES string of the molecule is CCc1ccc(OC)c(C(=O)c2ccc(F)cc2)c1. The number of carbonyl (C=O) groups is 1. The van der Waals surface area contributed by atoms with Crippen LogP contribution in [0.1, 0.15) is 28.4 Å². The molecule has 2 nitrogen and oxygen atoms in total. The molecule has 0 N–H and O–H groups in total. The van der Waals surface area contributed by atoms with Crippen LogP contribution in [0.5, 0.6) is 5.75 Å². The average molecular weight is 258 g/mol. The maximum absolute atomic E-state index is 12.9. The molecule has 0 amide bonds. The van der Waals surface area contributed by atoms with E-state index in [1.807, 2.05) is 19.1 Å². The van der Waals surface area contributed by atoms with Gasteiger partial charge in [0.05, 0.1) is 12.7 Å². The number of methoxy groups -OCH3 is 1. The standard InChI is InChI=1S/C16H15FO2/c1-3-11-4-9-15(19-2)14(10-11)16(18)12-5-7-13(17)8-6-12/h4-10H,3H2,1-2H3. The number of carbonyl (C=O) groups excluding carboxylic acids is 1. The fourth-order valence-corrected chi connectivity index (χ4v) is 1.91. The number of benzene rings is 2. The molecular formula is C16H15FO2. The minimum Gasteiger partial charge on any atom is -0.496 e. The van der Waals surface area contributed by atoms with Crippen molar-refractivity contribution in [3.63, 3.8) is 0 Å². The molecule has 0 saturated carbocycles. The highest BCUT2D eigenvalue weighted by molar-refractivity contribution is 6.10. The van der Waals surface area contributed by atoms with Crippen LogP contribution in [-0.2, 0) is 6.42 Å². The van der Waals surface area contributed by atoms with E-state index in [4.69, 9.17) is 4.74 Å². The fourth-order valence-electron chi connectivity index (χ4n) is 1.91. The highest BCUT2D eigenvalue weighted by atomic mass is 19.1. The van der Waals surface area contributed by atoms with E-state index in [1.54, 1.807) is 6.07 Å². The van der Waals surface area contributed by atoms with E-state index in [2.05, 4.69) is 0 Å². The topological polar surface area (TPSA) is 26.3 Å². The molecule has 98 valence electrons. The largest absolute Gasteiger partial charge is 0.496 e. The fraction of sp³-hybridized carbons (Fsp3) is 0.188. The van der Waals surface area contributed by atoms with E-state index in [1.165, 1.54) is 31.4 Å². The quantitative estimate of drug-likeness (QED) is 0.783. The van der Waals surface area contributed by atoms with Crippen LogP contribution in [0.2, 0.25) is 0 Å². The average Bonchev–Trinajstić information content (AvgIpc) is 2.46. The van der Waals surface area contributed by atoms with Crippen molar-refractivity contribution in [2.75, 3.05) is 7.11 Å². The molecule has 0 saturated heterocycles. The number of ketones is 1. The van der Waals surface area contributed by atoms with Crippen molar-refractivity contribution >= 4 is 5.78 Å². The molecule has 0 atom stereocenters. The van der Waals surface area contributed by atoms with E-state index in [9.17, 15) is 9.18 Å². The summed E-state index contributed by atoms with van der Waals surface area (Å²) in [5.41, 5.74) is 2.02. The first-order valence-corrected chi connectivity index (χ1v) is 6.13. The zero-order valence-corrected chi connectivity index (χ0v) is 10.9. The summed E-state index contributed by atoms with van der Waals surface area (Å²) >= 11 is 0. The van der Waals surface area contributed by atoms with Crippen LogP contribution in [0.25, 0.3) is 0 Å². The van der Waals surface area contributed by atoms with Gasteiger partial charge in [0.1, 0.15) is 11.6 Å². The molecule has 0 bridgehead atoms. The first kappa shape index (κ1) is 13.3. The van der Waals surface area contributed by atoms with E-state index in [0.717, 1.165) is 12.0 Å². The van der Waals surface area contributed by atoms with Gasteiger partial charge in [-0.3, -0.25) is 4.79 Å². The molecule has 0 fully saturated rings. The lowest BCUT2D eigenvalue weighted by molar-refractivity contribution is 0.103. The molecule has 2 aromatic rings. The Kier molecular flexibility index (Phi) is 3.95. The third-order valence-corrected chi connectivity index (χ3v) is 3.02. The molecule has 0 radical (unpaired) electrons. The summed E-state index contributed by atoms with van der Waals surface area (Å²) in [5.74, 6) is 0.0181. The summed E-state index contributed by atoms with van der Waals surface area (Å²) in [6.45, 7) is 2.02. The van der Waals surface area contributed by atoms with Gasteiger partial charge in [0.2, 0.25) is 0 Å². The molecule has 2 rings (SSSR count). The van der Waals surface area contributed by atoms with Crippen LogP contribution >= 0.6 is 0 Å². The van der Waals surface area contributed by atoms with Crippen molar-refractivity contribution in [3.8, 4) is 5.75 Å². The third kappa shape index (κ3) is 2.81. The molecule has 3 heteroatoms. The van der Waals surface area contributed by atoms with Gasteiger partial charge in [-0.15, -0.1) is 0 Å². The van der Waals surface area contributed by atoms with Crippen molar-refractivity contribution in [1.82, 2.24) is 0 Å². The van der Waals surface area contributed by atoms with Crippen molar-refractivity contribution in [1.29, 1.82) is 0 Å². The van der Waals surface area contributed by atoms with Crippen molar-refractivity contribution in [3.05, 3.63) is 65.0 Å². The number of aryl methyl sites for hydroxylation is 1. The van der Waals surface area contributed by atoms with Crippen LogP contribution in [0.3, 0.4) is 0 Å². The second-order valence-electron chi connectivity index (χ2n) is 4.22. The second-order valence-corrected chi connectivity index (χ2v) is 4.22. The van der Waals surface area contributed by atoms with Gasteiger partial charge in [-0.25, -0.2) is 4.39 Å². The summed E-state index contributed by atoms with van der Waals surface area (Å²) < 4.78 is 18.1. The van der Waals surface area contributed by atoms with Gasteiger partial charge in [0, 0.05) is 5.56 Å². The van der Waals surface area contributed by atoms with Crippen molar-refractivity contribution in [2.24, 2.45) is 0 Å². The second kappa shape index (κ2) is 5.65. The Labute approximate surface area is 111 Å². The highest BCUT2D eigenvalue weighted by Crippen LogP contribution is 2.23. The maximum atomic E-state index is 12.9. The lowest BCUT2D eigenvalue weighted by atomic mass is 9.99. The minimum absolute atomic E-state index is 0.160. The summed E-state index contributed by atoms with van der Waals surface area (Å²) in [4.78, 5) is 12.4. The van der Waals surface area contributed by atoms with E-state index >= 15 is 0 Å². The van der Waals surface area contributed by atoms with E-state index in [0.29, 0.717) is 16.9 Å². The molecular weight excluding hydrogens is 243 g/mol. The van der Waals surface area contributed by atoms with E-state index < -0.39 is 0 Å². The summed E-state index contributed by atoms with van der Waals surface area (Å²) in [6, 6.07) is 11.1. The van der Waals surface area contributed by atoms with Crippen molar-refractivity contribution < 1.29 is 13.9 Å². The zero-order valence-electron chi connectivity index (χ0n) is 10.9. The minimum atomic E-state index is -0.356. The molecule has 0 aliphatic carbocycles. The molecule has 0 aliphatic heterocycles. The van der Waals surface area contributed by atoms with Crippen LogP contribution in [0, 0.1) is 5.82 Å². The first-order chi connectivity index (χ1) is 9.15. The van der Waals surface area contributed by atoms with Gasteiger partial charge in [0.25, 0.3) is 0 Å². The summed E-state index contributed by atoms with van der Waals surface area (Å²) in [6.07, 6.45) is 0.841. The van der Waals surface area contributed by atoms with Gasteiger partial charge in [-0.05, 0) is 48.4 Å². The Bertz CT molecular complexity index is 588. The predicted octanol–water partition coefficient (Wildman–Crippen LogP) is 3.63. The molecule has 0 aromatic heterocycles. The lowest BCUT2D eigenvalue weighted by Crippen LogP contribution is -2.05. The number of hydrogen-bond donors (Lipinski definition) is 0. The van der Waals surface area contributed by atoms with Gasteiger partial charge in [0.15, 0.2) is 5.78 Å². The summed E-state index contributed by atoms with van der Waals surface area (Å²) in [7, 11) is 1.53. The molecule has 2 aromatic carbocycles. The third-order valence-electron chi connectivity index (χ3n) is 3.02. The molecule has 0 heterocycles. The maximum Gasteiger partial charge on any atom is 0.196 e. The summed E-state index contributed by atoms with van der Waals surface area (Å²) in [5, 5.41) is 0. The monoisotopic (exact) mass is 258 g/mol. The highest BCUT2D eigenvalue weighted by Gasteiger charge is 2.15. The van der Waals surface area contributed by atoms with Crippen LogP contribution in [0.4, 0.5) is 4.39 Å². The number of halogens is 1.